The van der Waals surface area contributed by atoms with Crippen LogP contribution in [0.25, 0.3) is 0 Å². The second kappa shape index (κ2) is 8.63. The fourth-order valence-electron chi connectivity index (χ4n) is 1.65. The van der Waals surface area contributed by atoms with E-state index in [0.717, 1.165) is 21.7 Å². The molecule has 0 unspecified atom stereocenters. The van der Waals surface area contributed by atoms with E-state index in [1.807, 2.05) is 56.2 Å². The van der Waals surface area contributed by atoms with Gasteiger partial charge < -0.3 is 14.5 Å². The molecule has 0 aliphatic carbocycles. The number of hydrogen-bond acceptors (Lipinski definition) is 2. The van der Waals surface area contributed by atoms with E-state index in [-0.39, 0.29) is 24.0 Å². The first-order valence-corrected chi connectivity index (χ1v) is 6.46. The lowest BCUT2D eigenvalue weighted by Gasteiger charge is -2.22. The van der Waals surface area contributed by atoms with Gasteiger partial charge in [0.15, 0.2) is 5.96 Å². The zero-order chi connectivity index (χ0) is 13.7. The van der Waals surface area contributed by atoms with Gasteiger partial charge in [-0.3, -0.25) is 0 Å². The van der Waals surface area contributed by atoms with E-state index >= 15 is 0 Å². The van der Waals surface area contributed by atoms with Crippen molar-refractivity contribution in [2.75, 3.05) is 35.3 Å². The van der Waals surface area contributed by atoms with E-state index in [4.69, 9.17) is 4.74 Å². The predicted octanol–water partition coefficient (Wildman–Crippen LogP) is 3.05. The van der Waals surface area contributed by atoms with Gasteiger partial charge in [0.1, 0.15) is 5.75 Å². The van der Waals surface area contributed by atoms with Gasteiger partial charge in [-0.2, -0.15) is 0 Å². The molecule has 0 N–H and O–H groups in total. The second-order valence-electron chi connectivity index (χ2n) is 4.37. The van der Waals surface area contributed by atoms with Crippen LogP contribution >= 0.6 is 39.9 Å². The van der Waals surface area contributed by atoms with Crippen molar-refractivity contribution in [2.45, 2.75) is 6.54 Å². The highest BCUT2D eigenvalue weighted by Gasteiger charge is 2.05. The van der Waals surface area contributed by atoms with Crippen LogP contribution in [-0.4, -0.2) is 51.1 Å². The van der Waals surface area contributed by atoms with Gasteiger partial charge in [-0.15, -0.1) is 24.0 Å². The fraction of sp³-hybridized carbons (Fsp3) is 0.462. The first-order chi connectivity index (χ1) is 8.45. The molecule has 0 heterocycles. The number of rotatable bonds is 3. The lowest BCUT2D eigenvalue weighted by atomic mass is 10.2. The summed E-state index contributed by atoms with van der Waals surface area (Å²) in [5, 5.41) is 0. The SMILES string of the molecule is COc1ccc(CN=C(N(C)C)N(C)C)cc1Br.I. The van der Waals surface area contributed by atoms with E-state index in [9.17, 15) is 0 Å². The molecule has 0 saturated carbocycles. The highest BCUT2D eigenvalue weighted by atomic mass is 127. The molecule has 0 atom stereocenters. The summed E-state index contributed by atoms with van der Waals surface area (Å²) < 4.78 is 6.16. The number of benzene rings is 1. The molecule has 0 spiro atoms. The van der Waals surface area contributed by atoms with Gasteiger partial charge in [-0.1, -0.05) is 6.07 Å². The van der Waals surface area contributed by atoms with Crippen LogP contribution < -0.4 is 4.74 Å². The first-order valence-electron chi connectivity index (χ1n) is 5.67. The van der Waals surface area contributed by atoms with E-state index in [1.54, 1.807) is 7.11 Å². The van der Waals surface area contributed by atoms with Crippen LogP contribution in [0, 0.1) is 0 Å². The van der Waals surface area contributed by atoms with Crippen LogP contribution in [0.15, 0.2) is 27.7 Å². The van der Waals surface area contributed by atoms with Crippen LogP contribution in [-0.2, 0) is 6.54 Å². The Labute approximate surface area is 141 Å². The summed E-state index contributed by atoms with van der Waals surface area (Å²) in [5.74, 6) is 1.78. The third-order valence-electron chi connectivity index (χ3n) is 2.42. The van der Waals surface area contributed by atoms with E-state index in [1.165, 1.54) is 0 Å². The molecule has 108 valence electrons. The minimum atomic E-state index is 0. The van der Waals surface area contributed by atoms with Crippen LogP contribution in [0.3, 0.4) is 0 Å². The van der Waals surface area contributed by atoms with Crippen molar-refractivity contribution in [3.63, 3.8) is 0 Å². The summed E-state index contributed by atoms with van der Waals surface area (Å²) in [4.78, 5) is 8.59. The van der Waals surface area contributed by atoms with Gasteiger partial charge in [-0.25, -0.2) is 4.99 Å². The molecule has 6 heteroatoms. The van der Waals surface area contributed by atoms with Crippen molar-refractivity contribution in [1.82, 2.24) is 9.80 Å². The zero-order valence-electron chi connectivity index (χ0n) is 12.0. The van der Waals surface area contributed by atoms with E-state index in [2.05, 4.69) is 20.9 Å². The number of guanidine groups is 1. The normalized spacial score (nSPS) is 9.37. The van der Waals surface area contributed by atoms with Crippen LogP contribution in [0.1, 0.15) is 5.56 Å². The lowest BCUT2D eigenvalue weighted by molar-refractivity contribution is 0.412. The quantitative estimate of drug-likeness (QED) is 0.410. The number of nitrogens with zero attached hydrogens (tertiary/aromatic N) is 3. The average molecular weight is 442 g/mol. The Kier molecular flexibility index (Phi) is 8.40. The van der Waals surface area contributed by atoms with Crippen molar-refractivity contribution >= 4 is 45.9 Å². The molecule has 0 amide bonds. The fourth-order valence-corrected chi connectivity index (χ4v) is 2.24. The van der Waals surface area contributed by atoms with Gasteiger partial charge in [0.05, 0.1) is 18.1 Å². The Morgan fingerprint density at radius 2 is 1.79 bits per heavy atom. The van der Waals surface area contributed by atoms with Gasteiger partial charge in [0.25, 0.3) is 0 Å². The molecule has 0 bridgehead atoms. The molecule has 0 fully saturated rings. The maximum Gasteiger partial charge on any atom is 0.195 e. The van der Waals surface area contributed by atoms with Crippen molar-refractivity contribution < 1.29 is 4.74 Å². The molecule has 0 saturated heterocycles. The van der Waals surface area contributed by atoms with E-state index in [0.29, 0.717) is 6.54 Å². The van der Waals surface area contributed by atoms with Gasteiger partial charge in [0.2, 0.25) is 0 Å². The largest absolute Gasteiger partial charge is 0.496 e. The third-order valence-corrected chi connectivity index (χ3v) is 3.04. The smallest absolute Gasteiger partial charge is 0.195 e. The topological polar surface area (TPSA) is 28.1 Å². The monoisotopic (exact) mass is 441 g/mol. The second-order valence-corrected chi connectivity index (χ2v) is 5.23. The van der Waals surface area contributed by atoms with Crippen LogP contribution in [0.2, 0.25) is 0 Å². The number of methoxy groups -OCH3 is 1. The maximum absolute atomic E-state index is 5.20. The molecule has 19 heavy (non-hydrogen) atoms. The summed E-state index contributed by atoms with van der Waals surface area (Å²) in [7, 11) is 9.62. The third kappa shape index (κ3) is 5.56. The Morgan fingerprint density at radius 1 is 1.21 bits per heavy atom. The Bertz CT molecular complexity index is 426. The standard InChI is InChI=1S/C13H20BrN3O.HI/c1-16(2)13(17(3)4)15-9-10-6-7-12(18-5)11(14)8-10;/h6-8H,9H2,1-5H3;1H. The summed E-state index contributed by atoms with van der Waals surface area (Å²) in [6, 6.07) is 6.00. The molecule has 1 aromatic rings. The summed E-state index contributed by atoms with van der Waals surface area (Å²) >= 11 is 3.48. The Morgan fingerprint density at radius 3 is 2.21 bits per heavy atom. The van der Waals surface area contributed by atoms with Crippen molar-refractivity contribution in [3.8, 4) is 5.75 Å². The lowest BCUT2D eigenvalue weighted by Crippen LogP contribution is -2.35. The highest BCUT2D eigenvalue weighted by molar-refractivity contribution is 14.0. The van der Waals surface area contributed by atoms with Gasteiger partial charge in [-0.05, 0) is 33.6 Å². The number of aliphatic imine (C=N–C) groups is 1. The molecular weight excluding hydrogens is 421 g/mol. The zero-order valence-corrected chi connectivity index (χ0v) is 15.9. The van der Waals surface area contributed by atoms with Gasteiger partial charge >= 0.3 is 0 Å². The minimum Gasteiger partial charge on any atom is -0.496 e. The predicted molar refractivity (Wildman–Crippen MR) is 94.6 cm³/mol. The number of hydrogen-bond donors (Lipinski definition) is 0. The Hall–Kier alpha value is -0.500. The minimum absolute atomic E-state index is 0. The number of ether oxygens (including phenoxy) is 1. The van der Waals surface area contributed by atoms with Crippen molar-refractivity contribution in [3.05, 3.63) is 28.2 Å². The maximum atomic E-state index is 5.20. The first kappa shape index (κ1) is 18.5. The molecule has 4 nitrogen and oxygen atoms in total. The molecule has 0 aliphatic rings. The molecule has 1 rings (SSSR count). The summed E-state index contributed by atoms with van der Waals surface area (Å²) in [6.45, 7) is 0.647. The molecule has 0 radical (unpaired) electrons. The average Bonchev–Trinajstić information content (AvgIpc) is 2.28. The van der Waals surface area contributed by atoms with Crippen LogP contribution in [0.4, 0.5) is 0 Å². The van der Waals surface area contributed by atoms with E-state index < -0.39 is 0 Å². The highest BCUT2D eigenvalue weighted by Crippen LogP contribution is 2.25. The molecule has 1 aromatic carbocycles. The van der Waals surface area contributed by atoms with Crippen molar-refractivity contribution in [2.24, 2.45) is 4.99 Å². The molecular formula is C13H21BrIN3O. The molecule has 0 aliphatic heterocycles. The van der Waals surface area contributed by atoms with Crippen LogP contribution in [0.5, 0.6) is 5.75 Å². The van der Waals surface area contributed by atoms with Crippen molar-refractivity contribution in [1.29, 1.82) is 0 Å². The molecule has 0 aromatic heterocycles. The Balaban J connectivity index is 0.00000324. The summed E-state index contributed by atoms with van der Waals surface area (Å²) in [6.07, 6.45) is 0. The van der Waals surface area contributed by atoms with Gasteiger partial charge in [0, 0.05) is 28.2 Å². The summed E-state index contributed by atoms with van der Waals surface area (Å²) in [5.41, 5.74) is 1.14. The number of halogens is 2.